The van der Waals surface area contributed by atoms with Crippen LogP contribution in [-0.4, -0.2) is 11.6 Å². The van der Waals surface area contributed by atoms with Gasteiger partial charge in [0.2, 0.25) is 0 Å². The average molecular weight is 347 g/mol. The summed E-state index contributed by atoms with van der Waals surface area (Å²) < 4.78 is 0. The van der Waals surface area contributed by atoms with E-state index in [1.807, 2.05) is 55.5 Å². The van der Waals surface area contributed by atoms with Crippen LogP contribution in [0.2, 0.25) is 0 Å². The van der Waals surface area contributed by atoms with E-state index in [9.17, 15) is 9.59 Å². The topological polar surface area (TPSA) is 34.1 Å². The molecule has 0 amide bonds. The summed E-state index contributed by atoms with van der Waals surface area (Å²) in [6.45, 7) is 5.13. The first-order valence-electron chi connectivity index (χ1n) is 6.67. The molecule has 0 radical (unpaired) electrons. The predicted octanol–water partition coefficient (Wildman–Crippen LogP) is 4.98. The molecule has 0 aliphatic heterocycles. The van der Waals surface area contributed by atoms with Gasteiger partial charge in [-0.15, -0.1) is 0 Å². The van der Waals surface area contributed by atoms with E-state index >= 15 is 0 Å². The van der Waals surface area contributed by atoms with Crippen molar-refractivity contribution in [1.29, 1.82) is 0 Å². The lowest BCUT2D eigenvalue weighted by Gasteiger charge is -1.97. The number of alkyl halides is 1. The second kappa shape index (κ2) is 8.53. The van der Waals surface area contributed by atoms with Crippen LogP contribution in [0.15, 0.2) is 48.5 Å². The largest absolute Gasteiger partial charge is 0.295 e. The molecule has 0 aromatic heterocycles. The lowest BCUT2D eigenvalue weighted by molar-refractivity contribution is 0.100. The van der Waals surface area contributed by atoms with E-state index in [4.69, 9.17) is 0 Å². The van der Waals surface area contributed by atoms with Crippen LogP contribution in [0.5, 0.6) is 0 Å². The number of Topliss-reactive ketones (excluding diaryl/α,β-unsaturated/α-hetero) is 2. The van der Waals surface area contributed by atoms with Gasteiger partial charge in [0.1, 0.15) is 0 Å². The van der Waals surface area contributed by atoms with Crippen LogP contribution in [0.4, 0.5) is 0 Å². The van der Waals surface area contributed by atoms with Crippen molar-refractivity contribution in [3.05, 3.63) is 70.8 Å². The highest BCUT2D eigenvalue weighted by molar-refractivity contribution is 9.08. The highest BCUT2D eigenvalue weighted by Gasteiger charge is 1.98. The van der Waals surface area contributed by atoms with Crippen LogP contribution in [0.1, 0.15) is 45.7 Å². The van der Waals surface area contributed by atoms with Gasteiger partial charge in [-0.2, -0.15) is 0 Å². The van der Waals surface area contributed by atoms with Crippen LogP contribution in [0.25, 0.3) is 0 Å². The van der Waals surface area contributed by atoms with Crippen LogP contribution in [0.3, 0.4) is 0 Å². The second-order valence-corrected chi connectivity index (χ2v) is 5.38. The summed E-state index contributed by atoms with van der Waals surface area (Å²) in [7, 11) is 0. The SMILES string of the molecule is CC(=O)c1cccc(C)c1.CC(=O)c1cccc(CBr)c1. The Labute approximate surface area is 134 Å². The van der Waals surface area contributed by atoms with Gasteiger partial charge < -0.3 is 0 Å². The summed E-state index contributed by atoms with van der Waals surface area (Å²) in [5.41, 5.74) is 3.84. The third-order valence-corrected chi connectivity index (χ3v) is 3.56. The van der Waals surface area contributed by atoms with Crippen molar-refractivity contribution < 1.29 is 9.59 Å². The van der Waals surface area contributed by atoms with Gasteiger partial charge in [-0.3, -0.25) is 9.59 Å². The Bertz CT molecular complexity index is 633. The van der Waals surface area contributed by atoms with Crippen LogP contribution >= 0.6 is 15.9 Å². The van der Waals surface area contributed by atoms with E-state index in [0.29, 0.717) is 0 Å². The number of benzene rings is 2. The lowest BCUT2D eigenvalue weighted by atomic mass is 10.1. The minimum atomic E-state index is 0.118. The van der Waals surface area contributed by atoms with Gasteiger partial charge in [0.25, 0.3) is 0 Å². The number of carbonyl (C=O) groups is 2. The van der Waals surface area contributed by atoms with Crippen molar-refractivity contribution in [2.24, 2.45) is 0 Å². The molecule has 0 aliphatic carbocycles. The van der Waals surface area contributed by atoms with Crippen molar-refractivity contribution in [2.75, 3.05) is 0 Å². The third kappa shape index (κ3) is 6.05. The second-order valence-electron chi connectivity index (χ2n) is 4.82. The van der Waals surface area contributed by atoms with Gasteiger partial charge in [0.05, 0.1) is 0 Å². The minimum absolute atomic E-state index is 0.118. The Kier molecular flexibility index (Phi) is 7.03. The van der Waals surface area contributed by atoms with Gasteiger partial charge in [0, 0.05) is 16.5 Å². The molecule has 0 spiro atoms. The fraction of sp³-hybridized carbons (Fsp3) is 0.222. The van der Waals surface area contributed by atoms with E-state index in [1.165, 1.54) is 0 Å². The predicted molar refractivity (Wildman–Crippen MR) is 90.3 cm³/mol. The lowest BCUT2D eigenvalue weighted by Crippen LogP contribution is -1.91. The monoisotopic (exact) mass is 346 g/mol. The summed E-state index contributed by atoms with van der Waals surface area (Å²) in [5.74, 6) is 0.247. The number of hydrogen-bond donors (Lipinski definition) is 0. The molecule has 0 atom stereocenters. The molecule has 21 heavy (non-hydrogen) atoms. The molecule has 0 aliphatic rings. The zero-order valence-corrected chi connectivity index (χ0v) is 14.1. The highest BCUT2D eigenvalue weighted by Crippen LogP contribution is 2.08. The Morgan fingerprint density at radius 3 is 1.86 bits per heavy atom. The molecular formula is C18H19BrO2. The quantitative estimate of drug-likeness (QED) is 0.580. The third-order valence-electron chi connectivity index (χ3n) is 2.91. The van der Waals surface area contributed by atoms with E-state index in [2.05, 4.69) is 15.9 Å². The first-order chi connectivity index (χ1) is 9.93. The number of hydrogen-bond acceptors (Lipinski definition) is 2. The molecule has 0 saturated heterocycles. The van der Waals surface area contributed by atoms with E-state index in [0.717, 1.165) is 27.6 Å². The zero-order valence-electron chi connectivity index (χ0n) is 12.5. The fourth-order valence-electron chi connectivity index (χ4n) is 1.74. The minimum Gasteiger partial charge on any atom is -0.295 e. The molecule has 110 valence electrons. The Morgan fingerprint density at radius 1 is 0.905 bits per heavy atom. The highest BCUT2D eigenvalue weighted by atomic mass is 79.9. The molecule has 2 rings (SSSR count). The van der Waals surface area contributed by atoms with E-state index in [-0.39, 0.29) is 11.6 Å². The number of aryl methyl sites for hydroxylation is 1. The Morgan fingerprint density at radius 2 is 1.43 bits per heavy atom. The molecule has 2 nitrogen and oxygen atoms in total. The van der Waals surface area contributed by atoms with Crippen LogP contribution in [0, 0.1) is 6.92 Å². The van der Waals surface area contributed by atoms with Crippen molar-refractivity contribution in [1.82, 2.24) is 0 Å². The van der Waals surface area contributed by atoms with E-state index in [1.54, 1.807) is 13.8 Å². The molecule has 0 N–H and O–H groups in total. The molecular weight excluding hydrogens is 328 g/mol. The Hall–Kier alpha value is -1.74. The average Bonchev–Trinajstić information content (AvgIpc) is 2.48. The molecule has 2 aromatic carbocycles. The maximum absolute atomic E-state index is 10.9. The zero-order chi connectivity index (χ0) is 15.8. The molecule has 0 unspecified atom stereocenters. The van der Waals surface area contributed by atoms with Crippen molar-refractivity contribution in [2.45, 2.75) is 26.1 Å². The van der Waals surface area contributed by atoms with Crippen molar-refractivity contribution >= 4 is 27.5 Å². The van der Waals surface area contributed by atoms with Gasteiger partial charge in [-0.1, -0.05) is 57.9 Å². The molecule has 0 saturated carbocycles. The molecule has 2 aromatic rings. The molecule has 0 fully saturated rings. The number of rotatable bonds is 3. The Balaban J connectivity index is 0.000000211. The van der Waals surface area contributed by atoms with Gasteiger partial charge in [-0.05, 0) is 38.5 Å². The maximum atomic E-state index is 10.9. The fourth-order valence-corrected chi connectivity index (χ4v) is 2.09. The number of halogens is 1. The normalized spacial score (nSPS) is 9.52. The molecule has 0 bridgehead atoms. The van der Waals surface area contributed by atoms with Gasteiger partial charge in [-0.25, -0.2) is 0 Å². The van der Waals surface area contributed by atoms with Crippen LogP contribution in [-0.2, 0) is 5.33 Å². The van der Waals surface area contributed by atoms with Crippen molar-refractivity contribution in [3.63, 3.8) is 0 Å². The number of ketones is 2. The van der Waals surface area contributed by atoms with Gasteiger partial charge in [0.15, 0.2) is 11.6 Å². The van der Waals surface area contributed by atoms with Crippen molar-refractivity contribution in [3.8, 4) is 0 Å². The summed E-state index contributed by atoms with van der Waals surface area (Å²) in [6.07, 6.45) is 0. The first kappa shape index (κ1) is 17.3. The summed E-state index contributed by atoms with van der Waals surface area (Å²) in [4.78, 5) is 21.7. The van der Waals surface area contributed by atoms with Gasteiger partial charge >= 0.3 is 0 Å². The van der Waals surface area contributed by atoms with Crippen LogP contribution < -0.4 is 0 Å². The molecule has 0 heterocycles. The molecule has 3 heteroatoms. The first-order valence-corrected chi connectivity index (χ1v) is 7.79. The maximum Gasteiger partial charge on any atom is 0.159 e. The standard InChI is InChI=1S/C9H9BrO.C9H10O/c1-7(11)9-4-2-3-8(5-9)6-10;1-7-4-3-5-9(6-7)8(2)10/h2-5H,6H2,1H3;3-6H,1-2H3. The smallest absolute Gasteiger partial charge is 0.159 e. The van der Waals surface area contributed by atoms with E-state index < -0.39 is 0 Å². The number of carbonyl (C=O) groups excluding carboxylic acids is 2. The summed E-state index contributed by atoms with van der Waals surface area (Å²) in [6, 6.07) is 15.2. The summed E-state index contributed by atoms with van der Waals surface area (Å²) >= 11 is 3.33. The summed E-state index contributed by atoms with van der Waals surface area (Å²) in [5, 5.41) is 0.800.